The Balaban J connectivity index is 1.92. The minimum absolute atomic E-state index is 0.114. The Morgan fingerprint density at radius 1 is 1.61 bits per heavy atom. The molecule has 1 aromatic heterocycles. The fourth-order valence-corrected chi connectivity index (χ4v) is 3.88. The smallest absolute Gasteiger partial charge is 0.0795 e. The first-order valence-corrected chi connectivity index (χ1v) is 7.74. The lowest BCUT2D eigenvalue weighted by Gasteiger charge is -2.41. The number of aliphatic hydroxyl groups excluding tert-OH is 1. The summed E-state index contributed by atoms with van der Waals surface area (Å²) in [6, 6.07) is 0. The van der Waals surface area contributed by atoms with Crippen molar-refractivity contribution >= 4 is 11.3 Å². The molecule has 1 fully saturated rings. The maximum atomic E-state index is 9.79. The lowest BCUT2D eigenvalue weighted by Crippen LogP contribution is -2.41. The normalized spacial score (nSPS) is 28.8. The number of hydrogen-bond acceptors (Lipinski definition) is 4. The van der Waals surface area contributed by atoms with Gasteiger partial charge in [-0.15, -0.1) is 11.3 Å². The zero-order valence-electron chi connectivity index (χ0n) is 11.4. The third-order valence-electron chi connectivity index (χ3n) is 4.04. The summed E-state index contributed by atoms with van der Waals surface area (Å²) in [6.45, 7) is 4.49. The van der Waals surface area contributed by atoms with Crippen LogP contribution in [0.2, 0.25) is 0 Å². The van der Waals surface area contributed by atoms with Crippen molar-refractivity contribution in [2.75, 3.05) is 20.2 Å². The van der Waals surface area contributed by atoms with Crippen molar-refractivity contribution in [3.63, 3.8) is 0 Å². The molecule has 0 aromatic carbocycles. The van der Waals surface area contributed by atoms with Gasteiger partial charge in [-0.05, 0) is 25.8 Å². The number of nitrogens with zero attached hydrogens (tertiary/aromatic N) is 2. The molecular formula is C14H24N2OS. The van der Waals surface area contributed by atoms with Crippen molar-refractivity contribution in [3.05, 3.63) is 16.6 Å². The van der Waals surface area contributed by atoms with E-state index < -0.39 is 0 Å². The van der Waals surface area contributed by atoms with E-state index in [9.17, 15) is 5.11 Å². The highest BCUT2D eigenvalue weighted by Gasteiger charge is 2.35. The van der Waals surface area contributed by atoms with E-state index in [1.807, 2.05) is 5.51 Å². The molecular weight excluding hydrogens is 244 g/mol. The fraction of sp³-hybridized carbons (Fsp3) is 0.786. The van der Waals surface area contributed by atoms with E-state index in [0.717, 1.165) is 37.5 Å². The van der Waals surface area contributed by atoms with Gasteiger partial charge in [0.25, 0.3) is 0 Å². The number of rotatable bonds is 5. The number of aliphatic hydroxyl groups is 1. The van der Waals surface area contributed by atoms with Crippen LogP contribution in [-0.4, -0.2) is 35.2 Å². The molecule has 4 heteroatoms. The summed E-state index contributed by atoms with van der Waals surface area (Å²) in [5, 5.41) is 11.9. The molecule has 1 aliphatic rings. The van der Waals surface area contributed by atoms with E-state index in [1.165, 1.54) is 12.8 Å². The summed E-state index contributed by atoms with van der Waals surface area (Å²) in [7, 11) is 2.13. The molecule has 0 bridgehead atoms. The average Bonchev–Trinajstić information content (AvgIpc) is 2.81. The van der Waals surface area contributed by atoms with Gasteiger partial charge in [-0.3, -0.25) is 4.90 Å². The average molecular weight is 268 g/mol. The molecule has 0 saturated heterocycles. The van der Waals surface area contributed by atoms with Gasteiger partial charge < -0.3 is 5.11 Å². The van der Waals surface area contributed by atoms with Crippen molar-refractivity contribution in [3.8, 4) is 0 Å². The van der Waals surface area contributed by atoms with Crippen molar-refractivity contribution in [1.29, 1.82) is 0 Å². The van der Waals surface area contributed by atoms with Crippen molar-refractivity contribution < 1.29 is 5.11 Å². The van der Waals surface area contributed by atoms with Crippen LogP contribution >= 0.6 is 11.3 Å². The molecule has 1 heterocycles. The van der Waals surface area contributed by atoms with E-state index in [1.54, 1.807) is 11.3 Å². The van der Waals surface area contributed by atoms with Crippen LogP contribution < -0.4 is 0 Å². The summed E-state index contributed by atoms with van der Waals surface area (Å²) in [4.78, 5) is 6.64. The van der Waals surface area contributed by atoms with E-state index in [4.69, 9.17) is 0 Å². The third kappa shape index (κ3) is 3.53. The van der Waals surface area contributed by atoms with Gasteiger partial charge in [0.15, 0.2) is 0 Å². The first kappa shape index (κ1) is 14.0. The maximum Gasteiger partial charge on any atom is 0.0795 e. The minimum atomic E-state index is 0.114. The van der Waals surface area contributed by atoms with Crippen LogP contribution in [0.15, 0.2) is 10.9 Å². The van der Waals surface area contributed by atoms with Crippen LogP contribution in [0.25, 0.3) is 0 Å². The van der Waals surface area contributed by atoms with Crippen LogP contribution in [0.5, 0.6) is 0 Å². The second-order valence-electron chi connectivity index (χ2n) is 6.01. The second kappa shape index (κ2) is 6.13. The van der Waals surface area contributed by atoms with E-state index >= 15 is 0 Å². The predicted octanol–water partition coefficient (Wildman–Crippen LogP) is 2.76. The molecule has 0 amide bonds. The van der Waals surface area contributed by atoms with Crippen LogP contribution in [0, 0.1) is 11.3 Å². The molecule has 0 spiro atoms. The fourth-order valence-electron chi connectivity index (χ4n) is 3.33. The van der Waals surface area contributed by atoms with Crippen LogP contribution in [0.1, 0.15) is 38.3 Å². The Bertz CT molecular complexity index is 355. The molecule has 1 saturated carbocycles. The Labute approximate surface area is 114 Å². The highest BCUT2D eigenvalue weighted by molar-refractivity contribution is 7.07. The molecule has 0 radical (unpaired) electrons. The van der Waals surface area contributed by atoms with Gasteiger partial charge in [0.1, 0.15) is 0 Å². The Morgan fingerprint density at radius 3 is 3.06 bits per heavy atom. The first-order chi connectivity index (χ1) is 8.63. The molecule has 1 aliphatic carbocycles. The largest absolute Gasteiger partial charge is 0.396 e. The zero-order chi connectivity index (χ0) is 13.0. The maximum absolute atomic E-state index is 9.79. The van der Waals surface area contributed by atoms with Gasteiger partial charge in [0, 0.05) is 30.5 Å². The standard InChI is InChI=1S/C14H24N2OS/c1-12-4-3-5-14(6-12,10-17)9-16(2)7-13-8-18-11-15-13/h8,11-12,17H,3-7,9-10H2,1-2H3. The summed E-state index contributed by atoms with van der Waals surface area (Å²) in [5.41, 5.74) is 3.13. The molecule has 2 unspecified atom stereocenters. The molecule has 1 N–H and O–H groups in total. The van der Waals surface area contributed by atoms with Gasteiger partial charge in [0.05, 0.1) is 11.2 Å². The quantitative estimate of drug-likeness (QED) is 0.892. The predicted molar refractivity (Wildman–Crippen MR) is 75.6 cm³/mol. The first-order valence-electron chi connectivity index (χ1n) is 6.80. The van der Waals surface area contributed by atoms with Crippen LogP contribution in [-0.2, 0) is 6.54 Å². The molecule has 2 rings (SSSR count). The highest BCUT2D eigenvalue weighted by atomic mass is 32.1. The monoisotopic (exact) mass is 268 g/mol. The molecule has 0 aliphatic heterocycles. The van der Waals surface area contributed by atoms with Crippen molar-refractivity contribution in [2.24, 2.45) is 11.3 Å². The summed E-state index contributed by atoms with van der Waals surface area (Å²) in [5.74, 6) is 0.749. The lowest BCUT2D eigenvalue weighted by atomic mass is 9.70. The van der Waals surface area contributed by atoms with Crippen molar-refractivity contribution in [1.82, 2.24) is 9.88 Å². The second-order valence-corrected chi connectivity index (χ2v) is 6.73. The Morgan fingerprint density at radius 2 is 2.44 bits per heavy atom. The third-order valence-corrected chi connectivity index (χ3v) is 4.68. The molecule has 1 aromatic rings. The molecule has 2 atom stereocenters. The summed E-state index contributed by atoms with van der Waals surface area (Å²) in [6.07, 6.45) is 4.89. The summed E-state index contributed by atoms with van der Waals surface area (Å²) >= 11 is 1.65. The van der Waals surface area contributed by atoms with Gasteiger partial charge in [-0.25, -0.2) is 4.98 Å². The lowest BCUT2D eigenvalue weighted by molar-refractivity contribution is 0.0288. The van der Waals surface area contributed by atoms with Crippen molar-refractivity contribution in [2.45, 2.75) is 39.2 Å². The number of aromatic nitrogens is 1. The highest BCUT2D eigenvalue weighted by Crippen LogP contribution is 2.39. The molecule has 3 nitrogen and oxygen atoms in total. The minimum Gasteiger partial charge on any atom is -0.396 e. The van der Waals surface area contributed by atoms with Crippen LogP contribution in [0.4, 0.5) is 0 Å². The topological polar surface area (TPSA) is 36.4 Å². The Kier molecular flexibility index (Phi) is 4.76. The van der Waals surface area contributed by atoms with Crippen LogP contribution in [0.3, 0.4) is 0 Å². The molecule has 18 heavy (non-hydrogen) atoms. The summed E-state index contributed by atoms with van der Waals surface area (Å²) < 4.78 is 0. The molecule has 102 valence electrons. The van der Waals surface area contributed by atoms with E-state index in [0.29, 0.717) is 6.61 Å². The van der Waals surface area contributed by atoms with Gasteiger partial charge >= 0.3 is 0 Å². The van der Waals surface area contributed by atoms with Gasteiger partial charge in [-0.2, -0.15) is 0 Å². The number of thiazole rings is 1. The van der Waals surface area contributed by atoms with E-state index in [-0.39, 0.29) is 5.41 Å². The number of hydrogen-bond donors (Lipinski definition) is 1. The Hall–Kier alpha value is -0.450. The van der Waals surface area contributed by atoms with E-state index in [2.05, 4.69) is 29.2 Å². The van der Waals surface area contributed by atoms with Gasteiger partial charge in [0.2, 0.25) is 0 Å². The zero-order valence-corrected chi connectivity index (χ0v) is 12.2. The SMILES string of the molecule is CC1CCCC(CO)(CN(C)Cc2cscn2)C1. The van der Waals surface area contributed by atoms with Gasteiger partial charge in [-0.1, -0.05) is 19.8 Å².